The van der Waals surface area contributed by atoms with E-state index in [1.54, 1.807) is 0 Å². The van der Waals surface area contributed by atoms with Crippen molar-refractivity contribution in [3.63, 3.8) is 0 Å². The highest BCUT2D eigenvalue weighted by Crippen LogP contribution is 2.20. The van der Waals surface area contributed by atoms with Gasteiger partial charge >= 0.3 is 0 Å². The fourth-order valence-electron chi connectivity index (χ4n) is 1.97. The predicted molar refractivity (Wildman–Crippen MR) is 63.4 cm³/mol. The van der Waals surface area contributed by atoms with Crippen molar-refractivity contribution in [1.82, 2.24) is 0 Å². The third-order valence-corrected chi connectivity index (χ3v) is 3.24. The van der Waals surface area contributed by atoms with E-state index < -0.39 is 0 Å². The van der Waals surface area contributed by atoms with Crippen LogP contribution in [0.15, 0.2) is 18.2 Å². The van der Waals surface area contributed by atoms with Crippen LogP contribution in [-0.2, 0) is 4.74 Å². The summed E-state index contributed by atoms with van der Waals surface area (Å²) in [6.07, 6.45) is 1.43. The summed E-state index contributed by atoms with van der Waals surface area (Å²) < 4.78 is 5.53. The summed E-state index contributed by atoms with van der Waals surface area (Å²) in [5.74, 6) is 0. The van der Waals surface area contributed by atoms with Gasteiger partial charge in [0.1, 0.15) is 0 Å². The second-order valence-electron chi connectivity index (χ2n) is 4.41. The van der Waals surface area contributed by atoms with Crippen LogP contribution in [0.3, 0.4) is 0 Å². The number of anilines is 1. The molecule has 0 spiro atoms. The molecule has 82 valence electrons. The Balaban J connectivity index is 2.07. The van der Waals surface area contributed by atoms with E-state index >= 15 is 0 Å². The first-order valence-corrected chi connectivity index (χ1v) is 5.62. The van der Waals surface area contributed by atoms with Gasteiger partial charge in [-0.2, -0.15) is 0 Å². The van der Waals surface area contributed by atoms with Crippen LogP contribution in [-0.4, -0.2) is 18.8 Å². The number of rotatable bonds is 2. The zero-order chi connectivity index (χ0) is 10.8. The van der Waals surface area contributed by atoms with Crippen LogP contribution in [0.25, 0.3) is 0 Å². The van der Waals surface area contributed by atoms with Gasteiger partial charge in [0, 0.05) is 12.3 Å². The van der Waals surface area contributed by atoms with Gasteiger partial charge in [-0.3, -0.25) is 0 Å². The number of nitrogens with one attached hydrogen (secondary N) is 1. The minimum absolute atomic E-state index is 0.326. The molecule has 0 saturated carbocycles. The highest BCUT2D eigenvalue weighted by Gasteiger charge is 2.23. The normalized spacial score (nSPS) is 25.5. The van der Waals surface area contributed by atoms with Crippen molar-refractivity contribution in [2.45, 2.75) is 39.3 Å². The first kappa shape index (κ1) is 10.5. The molecule has 1 aliphatic rings. The molecule has 1 N–H and O–H groups in total. The van der Waals surface area contributed by atoms with Gasteiger partial charge in [0.15, 0.2) is 0 Å². The van der Waals surface area contributed by atoms with Crippen LogP contribution < -0.4 is 5.32 Å². The summed E-state index contributed by atoms with van der Waals surface area (Å²) in [6, 6.07) is 6.98. The summed E-state index contributed by atoms with van der Waals surface area (Å²) >= 11 is 0. The molecule has 15 heavy (non-hydrogen) atoms. The Morgan fingerprint density at radius 3 is 2.67 bits per heavy atom. The Labute approximate surface area is 91.6 Å². The lowest BCUT2D eigenvalue weighted by Gasteiger charge is -2.18. The molecule has 2 atom stereocenters. The maximum Gasteiger partial charge on any atom is 0.0748 e. The predicted octanol–water partition coefficient (Wildman–Crippen LogP) is 2.89. The molecule has 0 bridgehead atoms. The van der Waals surface area contributed by atoms with Crippen molar-refractivity contribution in [1.29, 1.82) is 0 Å². The van der Waals surface area contributed by atoms with Crippen molar-refractivity contribution in [3.8, 4) is 0 Å². The molecule has 1 aromatic carbocycles. The highest BCUT2D eigenvalue weighted by molar-refractivity contribution is 5.49. The third kappa shape index (κ3) is 2.32. The molecule has 1 saturated heterocycles. The SMILES string of the molecule is Cc1ccc(N[C@H]2CCO[C@@H]2C)cc1C. The molecule has 0 unspecified atom stereocenters. The molecule has 0 aromatic heterocycles. The molecule has 1 heterocycles. The molecule has 0 amide bonds. The van der Waals surface area contributed by atoms with Crippen LogP contribution in [0.1, 0.15) is 24.5 Å². The Morgan fingerprint density at radius 2 is 2.07 bits per heavy atom. The number of ether oxygens (including phenoxy) is 1. The average molecular weight is 205 g/mol. The van der Waals surface area contributed by atoms with Crippen LogP contribution >= 0.6 is 0 Å². The van der Waals surface area contributed by atoms with Crippen LogP contribution in [0.2, 0.25) is 0 Å². The zero-order valence-electron chi connectivity index (χ0n) is 9.71. The minimum Gasteiger partial charge on any atom is -0.380 e. The second-order valence-corrected chi connectivity index (χ2v) is 4.41. The summed E-state index contributed by atoms with van der Waals surface area (Å²) in [5, 5.41) is 3.53. The Morgan fingerprint density at radius 1 is 1.27 bits per heavy atom. The zero-order valence-corrected chi connectivity index (χ0v) is 9.71. The van der Waals surface area contributed by atoms with E-state index in [1.165, 1.54) is 16.8 Å². The van der Waals surface area contributed by atoms with Crippen LogP contribution in [0.5, 0.6) is 0 Å². The van der Waals surface area contributed by atoms with E-state index in [9.17, 15) is 0 Å². The van der Waals surface area contributed by atoms with Gasteiger partial charge in [-0.05, 0) is 50.5 Å². The summed E-state index contributed by atoms with van der Waals surface area (Å²) in [4.78, 5) is 0. The lowest BCUT2D eigenvalue weighted by Crippen LogP contribution is -2.26. The van der Waals surface area contributed by atoms with Gasteiger partial charge in [0.2, 0.25) is 0 Å². The molecule has 1 aromatic rings. The van der Waals surface area contributed by atoms with Crippen molar-refractivity contribution >= 4 is 5.69 Å². The molecule has 0 radical (unpaired) electrons. The van der Waals surface area contributed by atoms with Crippen molar-refractivity contribution in [2.24, 2.45) is 0 Å². The maximum atomic E-state index is 5.53. The van der Waals surface area contributed by atoms with Crippen molar-refractivity contribution in [3.05, 3.63) is 29.3 Å². The average Bonchev–Trinajstić information content (AvgIpc) is 2.59. The van der Waals surface area contributed by atoms with E-state index in [1.807, 2.05) is 0 Å². The van der Waals surface area contributed by atoms with Crippen LogP contribution in [0.4, 0.5) is 5.69 Å². The largest absolute Gasteiger partial charge is 0.380 e. The molecule has 1 fully saturated rings. The van der Waals surface area contributed by atoms with Gasteiger partial charge in [0.25, 0.3) is 0 Å². The lowest BCUT2D eigenvalue weighted by atomic mass is 10.1. The van der Waals surface area contributed by atoms with Gasteiger partial charge < -0.3 is 10.1 Å². The molecule has 1 aliphatic heterocycles. The molecule has 2 rings (SSSR count). The maximum absolute atomic E-state index is 5.53. The fraction of sp³-hybridized carbons (Fsp3) is 0.538. The fourth-order valence-corrected chi connectivity index (χ4v) is 1.97. The van der Waals surface area contributed by atoms with E-state index in [0.29, 0.717) is 12.1 Å². The molecule has 2 nitrogen and oxygen atoms in total. The third-order valence-electron chi connectivity index (χ3n) is 3.24. The van der Waals surface area contributed by atoms with Gasteiger partial charge in [-0.1, -0.05) is 6.07 Å². The smallest absolute Gasteiger partial charge is 0.0748 e. The van der Waals surface area contributed by atoms with E-state index in [4.69, 9.17) is 4.74 Å². The van der Waals surface area contributed by atoms with Crippen molar-refractivity contribution in [2.75, 3.05) is 11.9 Å². The number of benzene rings is 1. The van der Waals surface area contributed by atoms with E-state index in [2.05, 4.69) is 44.3 Å². The first-order valence-electron chi connectivity index (χ1n) is 5.62. The standard InChI is InChI=1S/C13H19NO/c1-9-4-5-12(8-10(9)2)14-13-6-7-15-11(13)3/h4-5,8,11,13-14H,6-7H2,1-3H3/t11-,13+/m1/s1. The van der Waals surface area contributed by atoms with Crippen LogP contribution in [0, 0.1) is 13.8 Å². The van der Waals surface area contributed by atoms with E-state index in [-0.39, 0.29) is 0 Å². The number of hydrogen-bond acceptors (Lipinski definition) is 2. The molecular weight excluding hydrogens is 186 g/mol. The summed E-state index contributed by atoms with van der Waals surface area (Å²) in [6.45, 7) is 7.30. The Hall–Kier alpha value is -1.02. The topological polar surface area (TPSA) is 21.3 Å². The first-order chi connectivity index (χ1) is 7.16. The molecule has 0 aliphatic carbocycles. The Kier molecular flexibility index (Phi) is 2.96. The minimum atomic E-state index is 0.326. The van der Waals surface area contributed by atoms with Gasteiger partial charge in [-0.15, -0.1) is 0 Å². The second kappa shape index (κ2) is 4.23. The summed E-state index contributed by atoms with van der Waals surface area (Å²) in [7, 11) is 0. The Bertz CT molecular complexity index is 348. The summed E-state index contributed by atoms with van der Waals surface area (Å²) in [5.41, 5.74) is 3.89. The highest BCUT2D eigenvalue weighted by atomic mass is 16.5. The number of aryl methyl sites for hydroxylation is 2. The van der Waals surface area contributed by atoms with Gasteiger partial charge in [0.05, 0.1) is 12.1 Å². The van der Waals surface area contributed by atoms with Gasteiger partial charge in [-0.25, -0.2) is 0 Å². The number of hydrogen-bond donors (Lipinski definition) is 1. The molecular formula is C13H19NO. The monoisotopic (exact) mass is 205 g/mol. The molecule has 2 heteroatoms. The van der Waals surface area contributed by atoms with E-state index in [0.717, 1.165) is 13.0 Å². The van der Waals surface area contributed by atoms with Crippen molar-refractivity contribution < 1.29 is 4.74 Å². The quantitative estimate of drug-likeness (QED) is 0.801. The lowest BCUT2D eigenvalue weighted by molar-refractivity contribution is 0.121.